The van der Waals surface area contributed by atoms with E-state index < -0.39 is 23.5 Å². The van der Waals surface area contributed by atoms with Gasteiger partial charge < -0.3 is 19.8 Å². The van der Waals surface area contributed by atoms with Crippen LogP contribution in [0.1, 0.15) is 27.6 Å². The highest BCUT2D eigenvalue weighted by atomic mass is 19.4. The molecule has 2 N–H and O–H groups in total. The van der Waals surface area contributed by atoms with Gasteiger partial charge in [0.25, 0.3) is 5.91 Å². The van der Waals surface area contributed by atoms with Crippen LogP contribution in [0.5, 0.6) is 5.75 Å². The smallest absolute Gasteiger partial charge is 0.417 e. The Kier molecular flexibility index (Phi) is 7.77. The highest BCUT2D eigenvalue weighted by Crippen LogP contribution is 2.39. The average molecular weight is 515 g/mol. The second-order valence-electron chi connectivity index (χ2n) is 7.82. The molecule has 12 heteroatoms. The number of pyridine rings is 1. The quantitative estimate of drug-likeness (QED) is 0.243. The number of nitrogens with one attached hydrogen (secondary N) is 2. The summed E-state index contributed by atoms with van der Waals surface area (Å²) in [4.78, 5) is 19.4. The molecule has 0 saturated heterocycles. The molecule has 0 atom stereocenters. The van der Waals surface area contributed by atoms with Crippen molar-refractivity contribution < 1.29 is 31.8 Å². The molecule has 1 amide bonds. The Morgan fingerprint density at radius 3 is 2.62 bits per heavy atom. The largest absolute Gasteiger partial charge is 0.491 e. The van der Waals surface area contributed by atoms with E-state index in [-0.39, 0.29) is 54.0 Å². The Balaban J connectivity index is 1.54. The number of hydrogen-bond acceptors (Lipinski definition) is 6. The van der Waals surface area contributed by atoms with E-state index in [4.69, 9.17) is 9.47 Å². The van der Waals surface area contributed by atoms with Crippen molar-refractivity contribution in [1.82, 2.24) is 20.2 Å². The van der Waals surface area contributed by atoms with Gasteiger partial charge in [0.1, 0.15) is 29.8 Å². The number of carbonyl (C=O) groups is 1. The number of aromatic nitrogens is 4. The van der Waals surface area contributed by atoms with E-state index >= 15 is 0 Å². The number of amides is 1. The Morgan fingerprint density at radius 2 is 1.86 bits per heavy atom. The lowest BCUT2D eigenvalue weighted by Crippen LogP contribution is -2.15. The normalized spacial score (nSPS) is 11.4. The van der Waals surface area contributed by atoms with Gasteiger partial charge in [0.05, 0.1) is 12.2 Å². The number of nitrogens with zero attached hydrogens (tertiary/aromatic N) is 3. The van der Waals surface area contributed by atoms with Gasteiger partial charge in [-0.25, -0.2) is 9.37 Å². The highest BCUT2D eigenvalue weighted by molar-refractivity contribution is 6.01. The molecule has 0 fully saturated rings. The minimum absolute atomic E-state index is 0.00613. The molecule has 0 aliphatic carbocycles. The van der Waals surface area contributed by atoms with Crippen molar-refractivity contribution in [2.24, 2.45) is 0 Å². The molecule has 0 radical (unpaired) electrons. The van der Waals surface area contributed by atoms with Crippen LogP contribution in [-0.4, -0.2) is 46.4 Å². The molecule has 0 spiro atoms. The van der Waals surface area contributed by atoms with Crippen molar-refractivity contribution in [3.05, 3.63) is 89.4 Å². The lowest BCUT2D eigenvalue weighted by molar-refractivity contribution is -0.137. The maximum atomic E-state index is 13.9. The van der Waals surface area contributed by atoms with Crippen molar-refractivity contribution in [2.45, 2.75) is 12.6 Å². The lowest BCUT2D eigenvalue weighted by atomic mass is 9.99. The van der Waals surface area contributed by atoms with Crippen LogP contribution in [0.3, 0.4) is 0 Å². The van der Waals surface area contributed by atoms with Crippen LogP contribution in [-0.2, 0) is 17.3 Å². The third kappa shape index (κ3) is 6.47. The van der Waals surface area contributed by atoms with Gasteiger partial charge in [-0.2, -0.15) is 13.2 Å². The number of alkyl halides is 3. The minimum Gasteiger partial charge on any atom is -0.491 e. The third-order valence-corrected chi connectivity index (χ3v) is 5.23. The monoisotopic (exact) mass is 515 g/mol. The first-order valence-corrected chi connectivity index (χ1v) is 11.0. The molecular weight excluding hydrogens is 494 g/mol. The van der Waals surface area contributed by atoms with Crippen LogP contribution in [0.4, 0.5) is 23.4 Å². The number of hydrogen-bond donors (Lipinski definition) is 2. The van der Waals surface area contributed by atoms with E-state index in [0.717, 1.165) is 6.07 Å². The van der Waals surface area contributed by atoms with Crippen molar-refractivity contribution in [2.75, 3.05) is 25.6 Å². The molecule has 4 aromatic rings. The van der Waals surface area contributed by atoms with Crippen LogP contribution in [0.15, 0.2) is 60.8 Å². The summed E-state index contributed by atoms with van der Waals surface area (Å²) in [5, 5.41) is 10.1. The van der Waals surface area contributed by atoms with Crippen LogP contribution in [0.2, 0.25) is 0 Å². The molecule has 0 aliphatic rings. The van der Waals surface area contributed by atoms with Crippen LogP contribution in [0, 0.1) is 5.82 Å². The summed E-state index contributed by atoms with van der Waals surface area (Å²) in [5.41, 5.74) is -0.489. The van der Waals surface area contributed by atoms with Crippen molar-refractivity contribution in [3.63, 3.8) is 0 Å². The molecular formula is C25H21F4N5O3. The van der Waals surface area contributed by atoms with E-state index in [0.29, 0.717) is 5.56 Å². The van der Waals surface area contributed by atoms with Crippen molar-refractivity contribution in [1.29, 1.82) is 0 Å². The Labute approximate surface area is 208 Å². The fourth-order valence-corrected chi connectivity index (χ4v) is 3.48. The fraction of sp³-hybridized carbons (Fsp3) is 0.200. The zero-order chi connectivity index (χ0) is 26.4. The number of H-pyrrole nitrogens is 1. The molecule has 2 heterocycles. The van der Waals surface area contributed by atoms with E-state index in [9.17, 15) is 22.4 Å². The molecule has 192 valence electrons. The standard InChI is InChI=1S/C25H21F4N5O3/c1-36-10-11-37-17-6-7-19(25(27,28)29)18(14-17)15-8-9-30-21(12-15)32-24(35)23-31-22(33-34-23)13-16-4-2-3-5-20(16)26/h2-9,12,14H,10-11,13H2,1H3,(H,30,32,35)(H,31,33,34). The molecule has 37 heavy (non-hydrogen) atoms. The summed E-state index contributed by atoms with van der Waals surface area (Å²) >= 11 is 0. The summed E-state index contributed by atoms with van der Waals surface area (Å²) in [5.74, 6) is -0.818. The second kappa shape index (κ2) is 11.2. The van der Waals surface area contributed by atoms with Gasteiger partial charge in [-0.3, -0.25) is 4.79 Å². The van der Waals surface area contributed by atoms with E-state index in [1.165, 1.54) is 43.6 Å². The molecule has 8 nitrogen and oxygen atoms in total. The summed E-state index contributed by atoms with van der Waals surface area (Å²) in [6.45, 7) is 0.431. The summed E-state index contributed by atoms with van der Waals surface area (Å²) < 4.78 is 65.3. The average Bonchev–Trinajstić information content (AvgIpc) is 3.34. The number of anilines is 1. The SMILES string of the molecule is COCCOc1ccc(C(F)(F)F)c(-c2ccnc(NC(=O)c3nnc(Cc4ccccc4F)[nH]3)c2)c1. The summed E-state index contributed by atoms with van der Waals surface area (Å²) in [7, 11) is 1.48. The maximum Gasteiger partial charge on any atom is 0.417 e. The maximum absolute atomic E-state index is 13.9. The van der Waals surface area contributed by atoms with Gasteiger partial charge in [-0.1, -0.05) is 18.2 Å². The van der Waals surface area contributed by atoms with Crippen LogP contribution < -0.4 is 10.1 Å². The molecule has 4 rings (SSSR count). The lowest BCUT2D eigenvalue weighted by Gasteiger charge is -2.15. The Bertz CT molecular complexity index is 1390. The number of ether oxygens (including phenoxy) is 2. The van der Waals surface area contributed by atoms with Gasteiger partial charge in [0, 0.05) is 19.7 Å². The Morgan fingerprint density at radius 1 is 1.05 bits per heavy atom. The summed E-state index contributed by atoms with van der Waals surface area (Å²) in [6.07, 6.45) is -3.27. The van der Waals surface area contributed by atoms with Gasteiger partial charge >= 0.3 is 6.18 Å². The van der Waals surface area contributed by atoms with Crippen molar-refractivity contribution >= 4 is 11.7 Å². The fourth-order valence-electron chi connectivity index (χ4n) is 3.48. The van der Waals surface area contributed by atoms with Gasteiger partial charge in [-0.05, 0) is 53.1 Å². The Hall–Kier alpha value is -4.32. The molecule has 2 aromatic carbocycles. The zero-order valence-electron chi connectivity index (χ0n) is 19.5. The van der Waals surface area contributed by atoms with E-state index in [1.54, 1.807) is 18.2 Å². The van der Waals surface area contributed by atoms with Gasteiger partial charge in [-0.15, -0.1) is 10.2 Å². The number of aromatic amines is 1. The molecule has 2 aromatic heterocycles. The van der Waals surface area contributed by atoms with Crippen LogP contribution in [0.25, 0.3) is 11.1 Å². The highest BCUT2D eigenvalue weighted by Gasteiger charge is 2.34. The first kappa shape index (κ1) is 25.8. The number of methoxy groups -OCH3 is 1. The van der Waals surface area contributed by atoms with Gasteiger partial charge in [0.2, 0.25) is 5.82 Å². The third-order valence-electron chi connectivity index (χ3n) is 5.23. The molecule has 0 saturated carbocycles. The predicted octanol–water partition coefficient (Wildman–Crippen LogP) is 4.89. The molecule has 0 unspecified atom stereocenters. The van der Waals surface area contributed by atoms with E-state index in [2.05, 4.69) is 25.5 Å². The van der Waals surface area contributed by atoms with E-state index in [1.807, 2.05) is 0 Å². The summed E-state index contributed by atoms with van der Waals surface area (Å²) in [6, 6.07) is 12.2. The van der Waals surface area contributed by atoms with Gasteiger partial charge in [0.15, 0.2) is 0 Å². The minimum atomic E-state index is -4.62. The number of halogens is 4. The zero-order valence-corrected chi connectivity index (χ0v) is 19.5. The molecule has 0 bridgehead atoms. The van der Waals surface area contributed by atoms with Crippen molar-refractivity contribution in [3.8, 4) is 16.9 Å². The second-order valence-corrected chi connectivity index (χ2v) is 7.82. The first-order valence-electron chi connectivity index (χ1n) is 11.0. The topological polar surface area (TPSA) is 102 Å². The predicted molar refractivity (Wildman–Crippen MR) is 126 cm³/mol. The number of benzene rings is 2. The molecule has 0 aliphatic heterocycles. The van der Waals surface area contributed by atoms with Crippen LogP contribution >= 0.6 is 0 Å². The first-order chi connectivity index (χ1) is 17.7. The number of rotatable bonds is 9. The number of carbonyl (C=O) groups excluding carboxylic acids is 1.